The fraction of sp³-hybridized carbons (Fsp3) is 0.133. The minimum atomic E-state index is -0.967. The second-order valence-electron chi connectivity index (χ2n) is 8.40. The molecule has 5 rings (SSSR count). The smallest absolute Gasteiger partial charge is 0.333 e. The summed E-state index contributed by atoms with van der Waals surface area (Å²) in [5.74, 6) is -0.590. The van der Waals surface area contributed by atoms with Crippen molar-refractivity contribution in [3.8, 4) is 0 Å². The number of esters is 1. The van der Waals surface area contributed by atoms with E-state index in [1.54, 1.807) is 4.90 Å². The molecule has 0 saturated carbocycles. The Morgan fingerprint density at radius 3 is 1.65 bits per heavy atom. The van der Waals surface area contributed by atoms with Gasteiger partial charge in [-0.3, -0.25) is 4.79 Å². The van der Waals surface area contributed by atoms with Gasteiger partial charge in [-0.25, -0.2) is 4.79 Å². The van der Waals surface area contributed by atoms with Crippen molar-refractivity contribution in [2.75, 3.05) is 7.11 Å². The number of rotatable bonds is 6. The number of nitrogens with zero attached hydrogens (tertiary/aromatic N) is 1. The van der Waals surface area contributed by atoms with Crippen LogP contribution in [0.2, 0.25) is 0 Å². The van der Waals surface area contributed by atoms with Crippen LogP contribution in [-0.2, 0) is 19.7 Å². The standard InChI is InChI=1S/C30H25NO3/c1-34-28(32)26(22-14-6-2-7-15-22)31-27(23-16-8-3-9-17-23)30(29(31)33,24-18-10-4-11-19-24)25-20-12-5-13-21-25/h2-21,26-27H,1H3/t26?,27-/m1/s1. The Balaban J connectivity index is 1.77. The molecule has 4 heteroatoms. The lowest BCUT2D eigenvalue weighted by Gasteiger charge is -2.58. The van der Waals surface area contributed by atoms with E-state index in [0.717, 1.165) is 22.3 Å². The highest BCUT2D eigenvalue weighted by Crippen LogP contribution is 2.58. The lowest BCUT2D eigenvalue weighted by atomic mass is 9.59. The normalized spacial score (nSPS) is 17.5. The lowest BCUT2D eigenvalue weighted by Crippen LogP contribution is -2.68. The van der Waals surface area contributed by atoms with E-state index in [2.05, 4.69) is 0 Å². The largest absolute Gasteiger partial charge is 0.467 e. The van der Waals surface area contributed by atoms with E-state index in [-0.39, 0.29) is 5.91 Å². The molecule has 4 nitrogen and oxygen atoms in total. The Kier molecular flexibility index (Phi) is 5.72. The number of hydrogen-bond donors (Lipinski definition) is 0. The number of hydrogen-bond acceptors (Lipinski definition) is 3. The zero-order valence-electron chi connectivity index (χ0n) is 18.9. The number of benzene rings is 4. The highest BCUT2D eigenvalue weighted by molar-refractivity contribution is 6.02. The van der Waals surface area contributed by atoms with Crippen LogP contribution in [0, 0.1) is 0 Å². The zero-order valence-corrected chi connectivity index (χ0v) is 18.9. The van der Waals surface area contributed by atoms with Crippen LogP contribution in [0.15, 0.2) is 121 Å². The van der Waals surface area contributed by atoms with Crippen LogP contribution in [0.5, 0.6) is 0 Å². The van der Waals surface area contributed by atoms with Gasteiger partial charge in [0.15, 0.2) is 6.04 Å². The molecule has 1 unspecified atom stereocenters. The number of ether oxygens (including phenoxy) is 1. The summed E-state index contributed by atoms with van der Waals surface area (Å²) < 4.78 is 5.20. The summed E-state index contributed by atoms with van der Waals surface area (Å²) in [5.41, 5.74) is 2.50. The van der Waals surface area contributed by atoms with Gasteiger partial charge in [-0.15, -0.1) is 0 Å². The third-order valence-electron chi connectivity index (χ3n) is 6.65. The number of amides is 1. The molecular weight excluding hydrogens is 422 g/mol. The van der Waals surface area contributed by atoms with Gasteiger partial charge in [0.1, 0.15) is 5.41 Å². The summed E-state index contributed by atoms with van der Waals surface area (Å²) in [5, 5.41) is 0. The van der Waals surface area contributed by atoms with E-state index in [4.69, 9.17) is 4.74 Å². The van der Waals surface area contributed by atoms with Crippen LogP contribution < -0.4 is 0 Å². The molecular formula is C30H25NO3. The van der Waals surface area contributed by atoms with E-state index in [0.29, 0.717) is 0 Å². The minimum Gasteiger partial charge on any atom is -0.467 e. The molecule has 0 aromatic heterocycles. The second kappa shape index (κ2) is 8.99. The van der Waals surface area contributed by atoms with Gasteiger partial charge < -0.3 is 9.64 Å². The van der Waals surface area contributed by atoms with Gasteiger partial charge in [0, 0.05) is 0 Å². The molecule has 1 aliphatic heterocycles. The third-order valence-corrected chi connectivity index (χ3v) is 6.65. The van der Waals surface area contributed by atoms with E-state index >= 15 is 0 Å². The molecule has 0 aliphatic carbocycles. The van der Waals surface area contributed by atoms with Crippen LogP contribution >= 0.6 is 0 Å². The van der Waals surface area contributed by atoms with Crippen LogP contribution in [0.3, 0.4) is 0 Å². The van der Waals surface area contributed by atoms with Crippen molar-refractivity contribution in [3.05, 3.63) is 144 Å². The fourth-order valence-electron chi connectivity index (χ4n) is 5.18. The van der Waals surface area contributed by atoms with Gasteiger partial charge in [-0.1, -0.05) is 121 Å². The molecule has 1 amide bonds. The van der Waals surface area contributed by atoms with E-state index < -0.39 is 23.5 Å². The van der Waals surface area contributed by atoms with Crippen molar-refractivity contribution in [2.45, 2.75) is 17.5 Å². The quantitative estimate of drug-likeness (QED) is 0.291. The molecule has 34 heavy (non-hydrogen) atoms. The summed E-state index contributed by atoms with van der Waals surface area (Å²) in [4.78, 5) is 29.2. The summed E-state index contributed by atoms with van der Waals surface area (Å²) in [6, 6.07) is 37.7. The van der Waals surface area contributed by atoms with Crippen molar-refractivity contribution < 1.29 is 14.3 Å². The number of carbonyl (C=O) groups is 2. The lowest BCUT2D eigenvalue weighted by molar-refractivity contribution is -0.173. The summed E-state index contributed by atoms with van der Waals surface area (Å²) in [7, 11) is 1.36. The zero-order chi connectivity index (χ0) is 23.5. The Hall–Kier alpha value is -4.18. The van der Waals surface area contributed by atoms with Gasteiger partial charge >= 0.3 is 5.97 Å². The highest BCUT2D eigenvalue weighted by Gasteiger charge is 2.65. The number of likely N-dealkylation sites (tertiary alicyclic amines) is 1. The Morgan fingerprint density at radius 1 is 0.735 bits per heavy atom. The maximum atomic E-state index is 14.4. The van der Waals surface area contributed by atoms with Crippen LogP contribution in [0.1, 0.15) is 34.3 Å². The SMILES string of the molecule is COC(=O)C(c1ccccc1)N1C(=O)C(c2ccccc2)(c2ccccc2)[C@H]1c1ccccc1. The molecule has 1 heterocycles. The Bertz CT molecular complexity index is 1230. The van der Waals surface area contributed by atoms with Gasteiger partial charge in [0.25, 0.3) is 0 Å². The Labute approximate surface area is 199 Å². The first-order chi connectivity index (χ1) is 16.7. The number of carbonyl (C=O) groups excluding carboxylic acids is 2. The molecule has 4 aromatic rings. The molecule has 0 spiro atoms. The maximum absolute atomic E-state index is 14.4. The van der Waals surface area contributed by atoms with Crippen molar-refractivity contribution in [3.63, 3.8) is 0 Å². The molecule has 168 valence electrons. The third kappa shape index (κ3) is 3.30. The Morgan fingerprint density at radius 2 is 1.18 bits per heavy atom. The first-order valence-electron chi connectivity index (χ1n) is 11.3. The molecule has 1 aliphatic rings. The molecule has 2 atom stereocenters. The molecule has 1 saturated heterocycles. The van der Waals surface area contributed by atoms with E-state index in [1.807, 2.05) is 121 Å². The minimum absolute atomic E-state index is 0.127. The van der Waals surface area contributed by atoms with Crippen LogP contribution in [0.25, 0.3) is 0 Å². The van der Waals surface area contributed by atoms with E-state index in [9.17, 15) is 9.59 Å². The molecule has 0 bridgehead atoms. The van der Waals surface area contributed by atoms with Gasteiger partial charge in [0.2, 0.25) is 5.91 Å². The van der Waals surface area contributed by atoms with Gasteiger partial charge in [-0.2, -0.15) is 0 Å². The first kappa shape index (κ1) is 21.7. The average molecular weight is 448 g/mol. The molecule has 0 N–H and O–H groups in total. The predicted octanol–water partition coefficient (Wildman–Crippen LogP) is 5.47. The maximum Gasteiger partial charge on any atom is 0.333 e. The molecule has 1 fully saturated rings. The number of methoxy groups -OCH3 is 1. The summed E-state index contributed by atoms with van der Waals surface area (Å²) in [6.45, 7) is 0. The van der Waals surface area contributed by atoms with Crippen LogP contribution in [0.4, 0.5) is 0 Å². The number of β-lactam (4-membered cyclic amide) rings is 1. The van der Waals surface area contributed by atoms with E-state index in [1.165, 1.54) is 7.11 Å². The molecule has 0 radical (unpaired) electrons. The van der Waals surface area contributed by atoms with Gasteiger partial charge in [0.05, 0.1) is 13.2 Å². The first-order valence-corrected chi connectivity index (χ1v) is 11.3. The molecule has 4 aromatic carbocycles. The van der Waals surface area contributed by atoms with Crippen molar-refractivity contribution in [1.29, 1.82) is 0 Å². The highest BCUT2D eigenvalue weighted by atomic mass is 16.5. The average Bonchev–Trinajstić information content (AvgIpc) is 2.91. The summed E-state index contributed by atoms with van der Waals surface area (Å²) >= 11 is 0. The second-order valence-corrected chi connectivity index (χ2v) is 8.40. The summed E-state index contributed by atoms with van der Waals surface area (Å²) in [6.07, 6.45) is 0. The monoisotopic (exact) mass is 447 g/mol. The predicted molar refractivity (Wildman–Crippen MR) is 131 cm³/mol. The van der Waals surface area contributed by atoms with Crippen molar-refractivity contribution >= 4 is 11.9 Å². The topological polar surface area (TPSA) is 46.6 Å². The van der Waals surface area contributed by atoms with Crippen molar-refractivity contribution in [2.24, 2.45) is 0 Å². The van der Waals surface area contributed by atoms with Gasteiger partial charge in [-0.05, 0) is 22.3 Å². The van der Waals surface area contributed by atoms with Crippen LogP contribution in [-0.4, -0.2) is 23.9 Å². The van der Waals surface area contributed by atoms with Crippen molar-refractivity contribution in [1.82, 2.24) is 4.90 Å². The fourth-order valence-corrected chi connectivity index (χ4v) is 5.18.